The maximum absolute atomic E-state index is 5.44. The van der Waals surface area contributed by atoms with Crippen LogP contribution < -0.4 is 5.73 Å². The maximum Gasteiger partial charge on any atom is 0.145 e. The summed E-state index contributed by atoms with van der Waals surface area (Å²) in [6.07, 6.45) is 2.23. The predicted octanol–water partition coefficient (Wildman–Crippen LogP) is 1.58. The number of nitrogens with one attached hydrogen (secondary N) is 1. The predicted molar refractivity (Wildman–Crippen MR) is 46.2 cm³/mol. The molecule has 0 aliphatic rings. The molecule has 0 radical (unpaired) electrons. The molecule has 3 heteroatoms. The lowest BCUT2D eigenvalue weighted by atomic mass is 10.1. The van der Waals surface area contributed by atoms with Gasteiger partial charge in [-0.15, -0.1) is 0 Å². The fourth-order valence-electron chi connectivity index (χ4n) is 0.952. The molecule has 0 saturated heterocycles. The fraction of sp³-hybridized carbons (Fsp3) is 0.625. The van der Waals surface area contributed by atoms with Gasteiger partial charge in [0.05, 0.1) is 0 Å². The Hall–Kier alpha value is -0.990. The van der Waals surface area contributed by atoms with E-state index in [0.717, 1.165) is 18.0 Å². The molecule has 0 unspecified atom stereocenters. The molecule has 3 nitrogen and oxygen atoms in total. The summed E-state index contributed by atoms with van der Waals surface area (Å²) in [7, 11) is 0. The van der Waals surface area contributed by atoms with Gasteiger partial charge in [0.1, 0.15) is 5.82 Å². The number of nitrogen functional groups attached to an aromatic ring is 1. The Morgan fingerprint density at radius 1 is 1.64 bits per heavy atom. The van der Waals surface area contributed by atoms with E-state index in [1.165, 1.54) is 6.42 Å². The van der Waals surface area contributed by atoms with Crippen molar-refractivity contribution in [3.63, 3.8) is 0 Å². The summed E-state index contributed by atoms with van der Waals surface area (Å²) in [5.41, 5.74) is 6.58. The molecule has 0 bridgehead atoms. The second kappa shape index (κ2) is 3.42. The number of aryl methyl sites for hydroxylation is 1. The van der Waals surface area contributed by atoms with Gasteiger partial charge in [-0.25, -0.2) is 0 Å². The van der Waals surface area contributed by atoms with Crippen LogP contribution in [0.1, 0.15) is 26.0 Å². The van der Waals surface area contributed by atoms with Crippen molar-refractivity contribution in [3.05, 3.63) is 11.8 Å². The molecule has 1 heterocycles. The largest absolute Gasteiger partial charge is 0.382 e. The van der Waals surface area contributed by atoms with E-state index < -0.39 is 0 Å². The van der Waals surface area contributed by atoms with E-state index in [-0.39, 0.29) is 0 Å². The molecule has 62 valence electrons. The van der Waals surface area contributed by atoms with Crippen molar-refractivity contribution in [1.82, 2.24) is 10.2 Å². The first-order valence-electron chi connectivity index (χ1n) is 3.98. The Morgan fingerprint density at radius 2 is 2.36 bits per heavy atom. The Morgan fingerprint density at radius 3 is 2.82 bits per heavy atom. The normalized spacial score (nSPS) is 10.8. The summed E-state index contributed by atoms with van der Waals surface area (Å²) in [5.74, 6) is 1.32. The second-order valence-corrected chi connectivity index (χ2v) is 3.25. The van der Waals surface area contributed by atoms with Crippen LogP contribution in [0.25, 0.3) is 0 Å². The lowest BCUT2D eigenvalue weighted by Gasteiger charge is -2.00. The number of aromatic amines is 1. The number of aromatic nitrogens is 2. The number of anilines is 1. The van der Waals surface area contributed by atoms with E-state index in [0.29, 0.717) is 5.82 Å². The number of nitrogens with two attached hydrogens (primary N) is 1. The minimum Gasteiger partial charge on any atom is -0.382 e. The van der Waals surface area contributed by atoms with Gasteiger partial charge in [-0.05, 0) is 18.8 Å². The molecule has 0 saturated carbocycles. The van der Waals surface area contributed by atoms with Gasteiger partial charge in [0.15, 0.2) is 0 Å². The highest BCUT2D eigenvalue weighted by molar-refractivity contribution is 5.28. The standard InChI is InChI=1S/C8H15N3/c1-6(2)3-4-7-5-8(9)11-10-7/h5-6H,3-4H2,1-2H3,(H3,9,10,11). The van der Waals surface area contributed by atoms with Crippen LogP contribution in [0.4, 0.5) is 5.82 Å². The van der Waals surface area contributed by atoms with Crippen LogP contribution in [0.2, 0.25) is 0 Å². The highest BCUT2D eigenvalue weighted by atomic mass is 15.1. The van der Waals surface area contributed by atoms with Crippen molar-refractivity contribution in [3.8, 4) is 0 Å². The molecule has 1 aromatic rings. The lowest BCUT2D eigenvalue weighted by molar-refractivity contribution is 0.581. The molecule has 0 aromatic carbocycles. The van der Waals surface area contributed by atoms with Crippen molar-refractivity contribution < 1.29 is 0 Å². The van der Waals surface area contributed by atoms with Gasteiger partial charge in [0.2, 0.25) is 0 Å². The minimum absolute atomic E-state index is 0.587. The summed E-state index contributed by atoms with van der Waals surface area (Å²) < 4.78 is 0. The molecule has 0 spiro atoms. The Bertz CT molecular complexity index is 215. The van der Waals surface area contributed by atoms with Crippen LogP contribution in [0.3, 0.4) is 0 Å². The number of nitrogens with zero attached hydrogens (tertiary/aromatic N) is 1. The van der Waals surface area contributed by atoms with Gasteiger partial charge in [0.25, 0.3) is 0 Å². The highest BCUT2D eigenvalue weighted by Crippen LogP contribution is 2.08. The molecule has 1 aromatic heterocycles. The van der Waals surface area contributed by atoms with Gasteiger partial charge < -0.3 is 5.73 Å². The van der Waals surface area contributed by atoms with Gasteiger partial charge in [-0.2, -0.15) is 5.10 Å². The van der Waals surface area contributed by atoms with Gasteiger partial charge in [-0.3, -0.25) is 5.10 Å². The van der Waals surface area contributed by atoms with Crippen molar-refractivity contribution in [2.75, 3.05) is 5.73 Å². The lowest BCUT2D eigenvalue weighted by Crippen LogP contribution is -1.91. The van der Waals surface area contributed by atoms with Crippen molar-refractivity contribution in [2.45, 2.75) is 26.7 Å². The van der Waals surface area contributed by atoms with Crippen LogP contribution in [0.15, 0.2) is 6.07 Å². The van der Waals surface area contributed by atoms with E-state index in [1.807, 2.05) is 6.07 Å². The number of rotatable bonds is 3. The zero-order chi connectivity index (χ0) is 8.27. The Balaban J connectivity index is 2.39. The van der Waals surface area contributed by atoms with E-state index in [1.54, 1.807) is 0 Å². The Kier molecular flexibility index (Phi) is 2.52. The zero-order valence-electron chi connectivity index (χ0n) is 7.09. The third-order valence-corrected chi connectivity index (χ3v) is 1.64. The monoisotopic (exact) mass is 153 g/mol. The SMILES string of the molecule is CC(C)CCc1cc(N)n[nH]1. The number of H-pyrrole nitrogens is 1. The summed E-state index contributed by atoms with van der Waals surface area (Å²) in [4.78, 5) is 0. The molecule has 0 atom stereocenters. The van der Waals surface area contributed by atoms with E-state index >= 15 is 0 Å². The van der Waals surface area contributed by atoms with Gasteiger partial charge >= 0.3 is 0 Å². The van der Waals surface area contributed by atoms with E-state index in [4.69, 9.17) is 5.73 Å². The quantitative estimate of drug-likeness (QED) is 0.692. The zero-order valence-corrected chi connectivity index (χ0v) is 7.09. The van der Waals surface area contributed by atoms with Crippen LogP contribution >= 0.6 is 0 Å². The fourth-order valence-corrected chi connectivity index (χ4v) is 0.952. The first-order valence-corrected chi connectivity index (χ1v) is 3.98. The molecule has 3 N–H and O–H groups in total. The smallest absolute Gasteiger partial charge is 0.145 e. The topological polar surface area (TPSA) is 54.7 Å². The third kappa shape index (κ3) is 2.62. The molecule has 0 aliphatic carbocycles. The minimum atomic E-state index is 0.587. The van der Waals surface area contributed by atoms with Crippen molar-refractivity contribution in [1.29, 1.82) is 0 Å². The number of hydrogen-bond donors (Lipinski definition) is 2. The molecule has 11 heavy (non-hydrogen) atoms. The Labute approximate surface area is 67.0 Å². The van der Waals surface area contributed by atoms with E-state index in [9.17, 15) is 0 Å². The van der Waals surface area contributed by atoms with Crippen LogP contribution in [-0.4, -0.2) is 10.2 Å². The first-order chi connectivity index (χ1) is 5.18. The average Bonchev–Trinajstić information content (AvgIpc) is 2.31. The summed E-state index contributed by atoms with van der Waals surface area (Å²) in [6, 6.07) is 1.89. The van der Waals surface area contributed by atoms with E-state index in [2.05, 4.69) is 24.0 Å². The van der Waals surface area contributed by atoms with Gasteiger partial charge in [0, 0.05) is 11.8 Å². The summed E-state index contributed by atoms with van der Waals surface area (Å²) in [5, 5.41) is 6.73. The molecule has 1 rings (SSSR count). The van der Waals surface area contributed by atoms with Crippen molar-refractivity contribution in [2.24, 2.45) is 5.92 Å². The highest BCUT2D eigenvalue weighted by Gasteiger charge is 1.98. The molecule has 0 aliphatic heterocycles. The van der Waals surface area contributed by atoms with Gasteiger partial charge in [-0.1, -0.05) is 13.8 Å². The number of hydrogen-bond acceptors (Lipinski definition) is 2. The summed E-state index contributed by atoms with van der Waals surface area (Å²) in [6.45, 7) is 4.42. The average molecular weight is 153 g/mol. The van der Waals surface area contributed by atoms with Crippen LogP contribution in [0.5, 0.6) is 0 Å². The molecule has 0 fully saturated rings. The first kappa shape index (κ1) is 8.11. The second-order valence-electron chi connectivity index (χ2n) is 3.25. The van der Waals surface area contributed by atoms with Crippen LogP contribution in [0, 0.1) is 5.92 Å². The maximum atomic E-state index is 5.44. The third-order valence-electron chi connectivity index (χ3n) is 1.64. The molecular formula is C8H15N3. The van der Waals surface area contributed by atoms with Crippen molar-refractivity contribution >= 4 is 5.82 Å². The summed E-state index contributed by atoms with van der Waals surface area (Å²) >= 11 is 0. The molecule has 0 amide bonds. The molecular weight excluding hydrogens is 138 g/mol. The van der Waals surface area contributed by atoms with Crippen LogP contribution in [-0.2, 0) is 6.42 Å².